The van der Waals surface area contributed by atoms with E-state index in [2.05, 4.69) is 0 Å². The van der Waals surface area contributed by atoms with Gasteiger partial charge in [0.2, 0.25) is 0 Å². The van der Waals surface area contributed by atoms with Crippen molar-refractivity contribution in [2.45, 2.75) is 20.0 Å². The molecule has 0 fully saturated rings. The maximum Gasteiger partial charge on any atom is 0.332 e. The summed E-state index contributed by atoms with van der Waals surface area (Å²) in [5, 5.41) is 11.6. The van der Waals surface area contributed by atoms with Crippen LogP contribution in [0.3, 0.4) is 0 Å². The minimum atomic E-state index is -0.897. The third kappa shape index (κ3) is 2.31. The molecule has 0 aliphatic heterocycles. The van der Waals surface area contributed by atoms with Crippen LogP contribution in [0.1, 0.15) is 28.4 Å². The Hall–Kier alpha value is -3.51. The van der Waals surface area contributed by atoms with E-state index in [0.717, 1.165) is 32.4 Å². The van der Waals surface area contributed by atoms with Crippen LogP contribution in [0.4, 0.5) is 0 Å². The van der Waals surface area contributed by atoms with Crippen molar-refractivity contribution in [3.63, 3.8) is 0 Å². The predicted molar refractivity (Wildman–Crippen MR) is 117 cm³/mol. The van der Waals surface area contributed by atoms with Crippen LogP contribution in [-0.4, -0.2) is 19.2 Å². The fraction of sp³-hybridized carbons (Fsp3) is 0.208. The molecule has 0 amide bonds. The molecule has 0 unspecified atom stereocenters. The second-order valence-electron chi connectivity index (χ2n) is 7.94. The fourth-order valence-electron chi connectivity index (χ4n) is 4.38. The molecule has 2 heterocycles. The van der Waals surface area contributed by atoms with Crippen molar-refractivity contribution in [1.29, 1.82) is 0 Å². The molecule has 150 valence electrons. The van der Waals surface area contributed by atoms with E-state index in [1.54, 1.807) is 7.05 Å². The Kier molecular flexibility index (Phi) is 3.85. The second kappa shape index (κ2) is 6.24. The SMILES string of the molecule is Cc1ccc(-c2c3c(nc4c2c(=O)n(C)c(=O)n4C)-c2ccccc2[C@H]3O)cc1C. The average Bonchev–Trinajstić information content (AvgIpc) is 3.03. The molecule has 1 aliphatic rings. The number of fused-ring (bicyclic) bond motifs is 4. The predicted octanol–water partition coefficient (Wildman–Crippen LogP) is 2.98. The monoisotopic (exact) mass is 399 g/mol. The quantitative estimate of drug-likeness (QED) is 0.534. The molecule has 30 heavy (non-hydrogen) atoms. The molecule has 1 N–H and O–H groups in total. The van der Waals surface area contributed by atoms with E-state index in [-0.39, 0.29) is 0 Å². The first-order valence-corrected chi connectivity index (χ1v) is 9.80. The zero-order valence-electron chi connectivity index (χ0n) is 17.2. The molecule has 2 aromatic carbocycles. The summed E-state index contributed by atoms with van der Waals surface area (Å²) in [6.45, 7) is 4.04. The van der Waals surface area contributed by atoms with Crippen LogP contribution in [0, 0.1) is 13.8 Å². The molecule has 6 heteroatoms. The van der Waals surface area contributed by atoms with Crippen LogP contribution in [0.5, 0.6) is 0 Å². The Labute approximate surface area is 172 Å². The van der Waals surface area contributed by atoms with Crippen LogP contribution in [0.25, 0.3) is 33.4 Å². The van der Waals surface area contributed by atoms with Gasteiger partial charge in [-0.05, 0) is 36.1 Å². The summed E-state index contributed by atoms with van der Waals surface area (Å²) in [7, 11) is 3.08. The molecular weight excluding hydrogens is 378 g/mol. The number of hydrogen-bond acceptors (Lipinski definition) is 4. The summed E-state index contributed by atoms with van der Waals surface area (Å²) in [6.07, 6.45) is -0.897. The van der Waals surface area contributed by atoms with Gasteiger partial charge in [-0.1, -0.05) is 42.5 Å². The first kappa shape index (κ1) is 18.5. The minimum absolute atomic E-state index is 0.319. The lowest BCUT2D eigenvalue weighted by atomic mass is 9.92. The van der Waals surface area contributed by atoms with Gasteiger partial charge in [0.1, 0.15) is 6.10 Å². The highest BCUT2D eigenvalue weighted by Crippen LogP contribution is 2.48. The summed E-state index contributed by atoms with van der Waals surface area (Å²) in [6, 6.07) is 13.5. The number of benzene rings is 2. The van der Waals surface area contributed by atoms with Crippen LogP contribution in [0.15, 0.2) is 52.1 Å². The molecule has 0 saturated carbocycles. The van der Waals surface area contributed by atoms with Gasteiger partial charge in [-0.15, -0.1) is 0 Å². The Morgan fingerprint density at radius 1 is 0.967 bits per heavy atom. The molecule has 6 nitrogen and oxygen atoms in total. The zero-order chi connectivity index (χ0) is 21.3. The van der Waals surface area contributed by atoms with Crippen molar-refractivity contribution in [3.05, 3.63) is 85.6 Å². The van der Waals surface area contributed by atoms with Gasteiger partial charge in [0.05, 0.1) is 11.1 Å². The first-order chi connectivity index (χ1) is 14.3. The van der Waals surface area contributed by atoms with Crippen molar-refractivity contribution in [1.82, 2.24) is 14.1 Å². The van der Waals surface area contributed by atoms with Crippen LogP contribution in [0.2, 0.25) is 0 Å². The van der Waals surface area contributed by atoms with Gasteiger partial charge < -0.3 is 5.11 Å². The van der Waals surface area contributed by atoms with E-state index in [9.17, 15) is 14.7 Å². The molecule has 1 atom stereocenters. The highest BCUT2D eigenvalue weighted by Gasteiger charge is 2.34. The Morgan fingerprint density at radius 3 is 2.43 bits per heavy atom. The molecular formula is C24H21N3O3. The highest BCUT2D eigenvalue weighted by atomic mass is 16.3. The smallest absolute Gasteiger partial charge is 0.332 e. The maximum atomic E-state index is 13.3. The summed E-state index contributed by atoms with van der Waals surface area (Å²) in [5.41, 5.74) is 5.95. The molecule has 0 spiro atoms. The van der Waals surface area contributed by atoms with E-state index in [1.807, 2.05) is 56.3 Å². The Morgan fingerprint density at radius 2 is 1.70 bits per heavy atom. The lowest BCUT2D eigenvalue weighted by molar-refractivity contribution is 0.225. The molecule has 0 radical (unpaired) electrons. The molecule has 1 aliphatic carbocycles. The third-order valence-electron chi connectivity index (χ3n) is 6.21. The number of aliphatic hydroxyl groups is 1. The largest absolute Gasteiger partial charge is 0.384 e. The number of pyridine rings is 1. The van der Waals surface area contributed by atoms with Crippen molar-refractivity contribution in [3.8, 4) is 22.4 Å². The van der Waals surface area contributed by atoms with Crippen molar-refractivity contribution in [2.75, 3.05) is 0 Å². The lowest BCUT2D eigenvalue weighted by Gasteiger charge is -2.17. The highest BCUT2D eigenvalue weighted by molar-refractivity contribution is 5.99. The van der Waals surface area contributed by atoms with Gasteiger partial charge in [0.25, 0.3) is 5.56 Å². The molecule has 4 aromatic rings. The van der Waals surface area contributed by atoms with E-state index in [4.69, 9.17) is 4.98 Å². The molecule has 5 rings (SSSR count). The number of nitrogens with zero attached hydrogens (tertiary/aromatic N) is 3. The normalized spacial score (nSPS) is 14.8. The number of rotatable bonds is 1. The van der Waals surface area contributed by atoms with Gasteiger partial charge >= 0.3 is 5.69 Å². The minimum Gasteiger partial charge on any atom is -0.384 e. The van der Waals surface area contributed by atoms with Crippen LogP contribution >= 0.6 is 0 Å². The van der Waals surface area contributed by atoms with E-state index in [1.165, 1.54) is 11.6 Å². The standard InChI is InChI=1S/C24H21N3O3/c1-12-9-10-14(11-13(12)2)17-18-20(15-7-5-6-8-16(15)21(18)28)25-22-19(17)23(29)27(4)24(30)26(22)3/h5-11,21,28H,1-4H3/t21-/m1/s1. The maximum absolute atomic E-state index is 13.3. The third-order valence-corrected chi connectivity index (χ3v) is 6.21. The fourth-order valence-corrected chi connectivity index (χ4v) is 4.38. The van der Waals surface area contributed by atoms with Gasteiger partial charge in [-0.3, -0.25) is 13.9 Å². The van der Waals surface area contributed by atoms with Gasteiger partial charge in [0, 0.05) is 30.8 Å². The van der Waals surface area contributed by atoms with Crippen LogP contribution in [-0.2, 0) is 14.1 Å². The lowest BCUT2D eigenvalue weighted by Crippen LogP contribution is -2.37. The number of aliphatic hydroxyl groups excluding tert-OH is 1. The number of aromatic nitrogens is 3. The van der Waals surface area contributed by atoms with E-state index < -0.39 is 17.4 Å². The van der Waals surface area contributed by atoms with Gasteiger partial charge in [-0.2, -0.15) is 0 Å². The first-order valence-electron chi connectivity index (χ1n) is 9.80. The molecule has 2 aromatic heterocycles. The molecule has 0 saturated heterocycles. The van der Waals surface area contributed by atoms with E-state index in [0.29, 0.717) is 27.9 Å². The molecule has 0 bridgehead atoms. The van der Waals surface area contributed by atoms with Gasteiger partial charge in [-0.25, -0.2) is 9.78 Å². The van der Waals surface area contributed by atoms with Gasteiger partial charge in [0.15, 0.2) is 5.65 Å². The summed E-state index contributed by atoms with van der Waals surface area (Å²) in [4.78, 5) is 30.6. The summed E-state index contributed by atoms with van der Waals surface area (Å²) < 4.78 is 2.49. The van der Waals surface area contributed by atoms with Crippen LogP contribution < -0.4 is 11.2 Å². The Bertz CT molecular complexity index is 1490. The van der Waals surface area contributed by atoms with Crippen molar-refractivity contribution >= 4 is 11.0 Å². The van der Waals surface area contributed by atoms with Crippen molar-refractivity contribution < 1.29 is 5.11 Å². The Balaban J connectivity index is 2.06. The summed E-state index contributed by atoms with van der Waals surface area (Å²) >= 11 is 0. The summed E-state index contributed by atoms with van der Waals surface area (Å²) in [5.74, 6) is 0. The van der Waals surface area contributed by atoms with E-state index >= 15 is 0 Å². The number of hydrogen-bond donors (Lipinski definition) is 1. The average molecular weight is 399 g/mol. The topological polar surface area (TPSA) is 77.1 Å². The zero-order valence-corrected chi connectivity index (χ0v) is 17.2. The number of aryl methyl sites for hydroxylation is 3. The van der Waals surface area contributed by atoms with Crippen molar-refractivity contribution in [2.24, 2.45) is 14.1 Å². The second-order valence-corrected chi connectivity index (χ2v) is 7.94.